The molecule has 1 saturated carbocycles. The quantitative estimate of drug-likeness (QED) is 0.0637. The van der Waals surface area contributed by atoms with Crippen LogP contribution in [0.25, 0.3) is 0 Å². The third kappa shape index (κ3) is 17.3. The van der Waals surface area contributed by atoms with Crippen LogP contribution < -0.4 is 0 Å². The number of hydrogen-bond acceptors (Lipinski definition) is 15. The van der Waals surface area contributed by atoms with E-state index in [9.17, 15) is 34.2 Å². The maximum Gasteiger partial charge on any atom is 0.329 e. The van der Waals surface area contributed by atoms with Gasteiger partial charge in [-0.3, -0.25) is 19.2 Å². The monoisotopic (exact) mass is 1020 g/mol. The van der Waals surface area contributed by atoms with Crippen LogP contribution >= 0.6 is 9.47 Å². The SMILES string of the molecule is COC1C(=O)[C@H](C)C[C@H](C)/C=C/C=C/C=C(\C)C(OP)C[C@@H]2CC[C@@H](C)[C@@](O)(O2)C(=O)C(=O)N2CCCC[C@H]2C(=O)O[C@H]([C@H](C)C[C@@H]2CC[C@@H](OCCOCCO)[C@H](OC)C2)CC(=O)[C@H](C)/C=C(\C)[C@H]1O. The van der Waals surface area contributed by atoms with E-state index in [1.54, 1.807) is 34.0 Å². The van der Waals surface area contributed by atoms with Crippen LogP contribution in [0.5, 0.6) is 0 Å². The van der Waals surface area contributed by atoms with Crippen molar-refractivity contribution < 1.29 is 72.2 Å². The molecule has 4 rings (SSSR count). The standard InChI is InChI=1S/C54H86NO15P/c1-33-15-11-10-12-16-34(2)46(70-71)31-41-20-18-39(7)54(63,69-41)51(60)52(61)55-22-14-13-17-42(55)53(62)68-45(32-43(57)35(3)28-38(6)49(59)50(65-9)48(58)37(5)27-33)36(4)29-40-19-21-44(47(30-40)64-8)67-26-25-66-24-23-56/h10-12,15-16,28,33,35-37,39-42,44-47,49-50,56,59,63H,13-14,17-27,29-32,71H2,1-9H3/b12-10+,15-11+,34-16+,38-28+/t33-,35-,36-,37-,39-,40+,41+,42+,44-,45+,46?,47-,49-,50?,54-/m1/s1. The molecule has 4 aliphatic rings. The van der Waals surface area contributed by atoms with Crippen molar-refractivity contribution in [3.8, 4) is 0 Å². The van der Waals surface area contributed by atoms with Gasteiger partial charge in [-0.25, -0.2) is 4.79 Å². The Balaban J connectivity index is 1.67. The van der Waals surface area contributed by atoms with Gasteiger partial charge in [-0.15, -0.1) is 0 Å². The van der Waals surface area contributed by atoms with Crippen LogP contribution in [0.2, 0.25) is 0 Å². The first-order chi connectivity index (χ1) is 33.8. The summed E-state index contributed by atoms with van der Waals surface area (Å²) in [5.74, 6) is -8.03. The average molecular weight is 1020 g/mol. The number of Topliss-reactive ketones (excluding diaryl/α,β-unsaturated/α-hetero) is 3. The first kappa shape index (κ1) is 60.5. The van der Waals surface area contributed by atoms with E-state index in [0.29, 0.717) is 76.6 Å². The third-order valence-electron chi connectivity index (χ3n) is 15.1. The number of methoxy groups -OCH3 is 2. The molecule has 0 radical (unpaired) electrons. The average Bonchev–Trinajstić information content (AvgIpc) is 3.35. The fraction of sp³-hybridized carbons (Fsp3) is 0.759. The predicted octanol–water partition coefficient (Wildman–Crippen LogP) is 6.37. The van der Waals surface area contributed by atoms with E-state index in [1.165, 1.54) is 12.0 Å². The number of carbonyl (C=O) groups excluding carboxylic acids is 5. The second kappa shape index (κ2) is 29.8. The lowest BCUT2D eigenvalue weighted by molar-refractivity contribution is -0.265. The summed E-state index contributed by atoms with van der Waals surface area (Å²) in [6.07, 6.45) is 11.9. The number of carbonyl (C=O) groups is 5. The molecule has 0 aromatic heterocycles. The number of rotatable bonds is 12. The number of aliphatic hydroxyl groups excluding tert-OH is 2. The van der Waals surface area contributed by atoms with Crippen molar-refractivity contribution in [3.05, 3.63) is 47.6 Å². The van der Waals surface area contributed by atoms with Crippen molar-refractivity contribution in [2.45, 2.75) is 180 Å². The van der Waals surface area contributed by atoms with Crippen molar-refractivity contribution in [1.29, 1.82) is 0 Å². The maximum atomic E-state index is 14.5. The highest BCUT2D eigenvalue weighted by molar-refractivity contribution is 7.09. The number of allylic oxidation sites excluding steroid dienone is 6. The lowest BCUT2D eigenvalue weighted by Gasteiger charge is -2.42. The minimum absolute atomic E-state index is 0.00956. The van der Waals surface area contributed by atoms with E-state index in [1.807, 2.05) is 58.1 Å². The molecule has 0 spiro atoms. The Morgan fingerprint density at radius 3 is 2.31 bits per heavy atom. The largest absolute Gasteiger partial charge is 0.460 e. The first-order valence-corrected chi connectivity index (χ1v) is 26.4. The molecule has 1 aliphatic carbocycles. The summed E-state index contributed by atoms with van der Waals surface area (Å²) >= 11 is 0. The fourth-order valence-electron chi connectivity index (χ4n) is 10.6. The lowest BCUT2D eigenvalue weighted by atomic mass is 9.78. The van der Waals surface area contributed by atoms with Gasteiger partial charge < -0.3 is 53.2 Å². The van der Waals surface area contributed by atoms with Crippen LogP contribution in [0, 0.1) is 35.5 Å². The number of amides is 1. The molecular formula is C54H86NO15P. The van der Waals surface area contributed by atoms with Crippen LogP contribution in [0.15, 0.2) is 47.6 Å². The van der Waals surface area contributed by atoms with Gasteiger partial charge in [-0.05, 0) is 107 Å². The zero-order chi connectivity index (χ0) is 52.4. The molecule has 3 unspecified atom stereocenters. The number of ether oxygens (including phenoxy) is 6. The summed E-state index contributed by atoms with van der Waals surface area (Å²) in [5.41, 5.74) is 1.24. The Kier molecular flexibility index (Phi) is 25.4. The Morgan fingerprint density at radius 1 is 0.873 bits per heavy atom. The molecule has 16 atom stereocenters. The second-order valence-corrected chi connectivity index (χ2v) is 20.9. The Labute approximate surface area is 424 Å². The summed E-state index contributed by atoms with van der Waals surface area (Å²) in [7, 11) is 5.30. The Bertz CT molecular complexity index is 1870. The normalized spacial score (nSPS) is 38.0. The van der Waals surface area contributed by atoms with Crippen molar-refractivity contribution in [3.63, 3.8) is 0 Å². The molecule has 3 heterocycles. The van der Waals surface area contributed by atoms with E-state index in [0.717, 1.165) is 12.0 Å². The van der Waals surface area contributed by atoms with E-state index < -0.39 is 77.8 Å². The molecule has 0 aromatic carbocycles. The van der Waals surface area contributed by atoms with E-state index in [4.69, 9.17) is 38.1 Å². The molecule has 71 heavy (non-hydrogen) atoms. The van der Waals surface area contributed by atoms with E-state index in [2.05, 4.69) is 9.47 Å². The molecule has 2 saturated heterocycles. The number of aliphatic hydroxyl groups is 3. The summed E-state index contributed by atoms with van der Waals surface area (Å²) in [6.45, 7) is 13.6. The molecule has 0 aromatic rings. The van der Waals surface area contributed by atoms with Crippen molar-refractivity contribution in [1.82, 2.24) is 4.90 Å². The molecule has 3 aliphatic heterocycles. The highest BCUT2D eigenvalue weighted by atomic mass is 31.0. The van der Waals surface area contributed by atoms with Gasteiger partial charge in [0.05, 0.1) is 50.8 Å². The topological polar surface area (TPSA) is 214 Å². The lowest BCUT2D eigenvalue weighted by Crippen LogP contribution is -2.61. The maximum absolute atomic E-state index is 14.5. The zero-order valence-corrected chi connectivity index (χ0v) is 45.0. The second-order valence-electron chi connectivity index (χ2n) is 20.7. The molecule has 16 nitrogen and oxygen atoms in total. The minimum Gasteiger partial charge on any atom is -0.460 e. The molecule has 402 valence electrons. The number of ketones is 3. The summed E-state index contributed by atoms with van der Waals surface area (Å²) in [6, 6.07) is -1.15. The van der Waals surface area contributed by atoms with Crippen LogP contribution in [-0.2, 0) is 56.9 Å². The molecule has 3 fully saturated rings. The molecule has 3 N–H and O–H groups in total. The van der Waals surface area contributed by atoms with Crippen LogP contribution in [0.3, 0.4) is 0 Å². The fourth-order valence-corrected chi connectivity index (χ4v) is 10.9. The number of nitrogens with zero attached hydrogens (tertiary/aromatic N) is 1. The van der Waals surface area contributed by atoms with Gasteiger partial charge in [-0.1, -0.05) is 71.1 Å². The molecule has 17 heteroatoms. The van der Waals surface area contributed by atoms with E-state index in [-0.39, 0.29) is 74.1 Å². The third-order valence-corrected chi connectivity index (χ3v) is 15.5. The van der Waals surface area contributed by atoms with Crippen LogP contribution in [0.4, 0.5) is 0 Å². The van der Waals surface area contributed by atoms with Gasteiger partial charge in [0.2, 0.25) is 5.79 Å². The van der Waals surface area contributed by atoms with Crippen molar-refractivity contribution in [2.24, 2.45) is 35.5 Å². The van der Waals surface area contributed by atoms with Crippen molar-refractivity contribution >= 4 is 38.7 Å². The van der Waals surface area contributed by atoms with Gasteiger partial charge in [0.1, 0.15) is 30.1 Å². The van der Waals surface area contributed by atoms with Gasteiger partial charge in [-0.2, -0.15) is 0 Å². The summed E-state index contributed by atoms with van der Waals surface area (Å²) in [4.78, 5) is 72.4. The molecule has 1 amide bonds. The number of hydrogen-bond donors (Lipinski definition) is 3. The summed E-state index contributed by atoms with van der Waals surface area (Å²) in [5, 5.41) is 32.5. The number of fused-ring (bicyclic) bond motifs is 3. The predicted molar refractivity (Wildman–Crippen MR) is 271 cm³/mol. The van der Waals surface area contributed by atoms with Gasteiger partial charge >= 0.3 is 5.97 Å². The Hall–Kier alpha value is -3.02. The van der Waals surface area contributed by atoms with Crippen molar-refractivity contribution in [2.75, 3.05) is 47.2 Å². The number of esters is 1. The highest BCUT2D eigenvalue weighted by Gasteiger charge is 2.53. The highest BCUT2D eigenvalue weighted by Crippen LogP contribution is 2.38. The number of cyclic esters (lactones) is 1. The van der Waals surface area contributed by atoms with Crippen LogP contribution in [-0.4, -0.2) is 151 Å². The van der Waals surface area contributed by atoms with Crippen LogP contribution in [0.1, 0.15) is 126 Å². The van der Waals surface area contributed by atoms with E-state index >= 15 is 0 Å². The van der Waals surface area contributed by atoms with Gasteiger partial charge in [0, 0.05) is 60.8 Å². The van der Waals surface area contributed by atoms with Gasteiger partial charge in [0.25, 0.3) is 11.7 Å². The summed E-state index contributed by atoms with van der Waals surface area (Å²) < 4.78 is 41.2. The Morgan fingerprint density at radius 2 is 1.62 bits per heavy atom. The smallest absolute Gasteiger partial charge is 0.329 e. The van der Waals surface area contributed by atoms with Gasteiger partial charge in [0.15, 0.2) is 5.78 Å². The minimum atomic E-state index is -2.44. The number of piperidine rings is 1. The zero-order valence-electron chi connectivity index (χ0n) is 43.8. The molecule has 2 bridgehead atoms. The molecular weight excluding hydrogens is 934 g/mol. The first-order valence-electron chi connectivity index (χ1n) is 25.9.